The van der Waals surface area contributed by atoms with Crippen molar-refractivity contribution in [2.75, 3.05) is 12.4 Å². The van der Waals surface area contributed by atoms with Crippen LogP contribution in [0.2, 0.25) is 0 Å². The highest BCUT2D eigenvalue weighted by Crippen LogP contribution is 2.29. The smallest absolute Gasteiger partial charge is 0.337 e. The second kappa shape index (κ2) is 6.60. The third-order valence-corrected chi connectivity index (χ3v) is 4.07. The maximum atomic E-state index is 11.5. The van der Waals surface area contributed by atoms with Crippen molar-refractivity contribution in [3.8, 4) is 0 Å². The summed E-state index contributed by atoms with van der Waals surface area (Å²) >= 11 is 0. The van der Waals surface area contributed by atoms with E-state index in [4.69, 9.17) is 4.74 Å². The van der Waals surface area contributed by atoms with Crippen LogP contribution in [0.1, 0.15) is 49.4 Å². The van der Waals surface area contributed by atoms with E-state index < -0.39 is 0 Å². The van der Waals surface area contributed by atoms with Crippen LogP contribution in [0.25, 0.3) is 0 Å². The molecule has 0 aromatic heterocycles. The van der Waals surface area contributed by atoms with Gasteiger partial charge in [-0.25, -0.2) is 4.79 Å². The van der Waals surface area contributed by atoms with Crippen LogP contribution in [0.5, 0.6) is 0 Å². The number of hydrogen-bond donors (Lipinski definition) is 1. The Kier molecular flexibility index (Phi) is 4.83. The highest BCUT2D eigenvalue weighted by atomic mass is 16.5. The van der Waals surface area contributed by atoms with E-state index in [9.17, 15) is 4.79 Å². The predicted octanol–water partition coefficient (Wildman–Crippen LogP) is 3.85. The first kappa shape index (κ1) is 13.9. The number of methoxy groups -OCH3 is 1. The van der Waals surface area contributed by atoms with Crippen LogP contribution in [-0.4, -0.2) is 19.1 Å². The Bertz CT molecular complexity index is 431. The molecule has 1 saturated carbocycles. The third-order valence-electron chi connectivity index (χ3n) is 4.07. The van der Waals surface area contributed by atoms with Gasteiger partial charge in [0.05, 0.1) is 12.7 Å². The molecule has 0 spiro atoms. The summed E-state index contributed by atoms with van der Waals surface area (Å²) in [6.07, 6.45) is 6.39. The van der Waals surface area contributed by atoms with E-state index in [0.717, 1.165) is 11.6 Å². The van der Waals surface area contributed by atoms with E-state index in [-0.39, 0.29) is 5.97 Å². The molecule has 104 valence electrons. The molecule has 1 aromatic carbocycles. The first-order valence-corrected chi connectivity index (χ1v) is 7.19. The minimum absolute atomic E-state index is 0.278. The second-order valence-corrected chi connectivity index (χ2v) is 5.28. The summed E-state index contributed by atoms with van der Waals surface area (Å²) in [7, 11) is 1.41. The van der Waals surface area contributed by atoms with E-state index in [0.29, 0.717) is 11.6 Å². The molecule has 1 fully saturated rings. The van der Waals surface area contributed by atoms with Gasteiger partial charge in [-0.3, -0.25) is 0 Å². The summed E-state index contributed by atoms with van der Waals surface area (Å²) < 4.78 is 4.76. The Hall–Kier alpha value is -1.51. The van der Waals surface area contributed by atoms with E-state index in [1.54, 1.807) is 6.07 Å². The average molecular weight is 261 g/mol. The zero-order chi connectivity index (χ0) is 13.7. The number of rotatable bonds is 4. The fourth-order valence-electron chi connectivity index (χ4n) is 2.95. The van der Waals surface area contributed by atoms with Crippen molar-refractivity contribution in [2.24, 2.45) is 5.92 Å². The summed E-state index contributed by atoms with van der Waals surface area (Å²) in [5.74, 6) is 0.467. The molecule has 1 aliphatic rings. The molecule has 0 aliphatic heterocycles. The highest BCUT2D eigenvalue weighted by Gasteiger charge is 2.23. The van der Waals surface area contributed by atoms with Crippen molar-refractivity contribution in [3.05, 3.63) is 29.8 Å². The lowest BCUT2D eigenvalue weighted by atomic mass is 9.83. The van der Waals surface area contributed by atoms with Crippen LogP contribution in [-0.2, 0) is 4.74 Å². The Balaban J connectivity index is 2.07. The Morgan fingerprint density at radius 3 is 2.89 bits per heavy atom. The molecule has 2 atom stereocenters. The molecule has 1 aliphatic carbocycles. The van der Waals surface area contributed by atoms with Crippen molar-refractivity contribution in [1.29, 1.82) is 0 Å². The van der Waals surface area contributed by atoms with Gasteiger partial charge in [0.15, 0.2) is 0 Å². The van der Waals surface area contributed by atoms with Crippen molar-refractivity contribution in [2.45, 2.75) is 45.1 Å². The van der Waals surface area contributed by atoms with E-state index >= 15 is 0 Å². The summed E-state index contributed by atoms with van der Waals surface area (Å²) in [6, 6.07) is 8.13. The van der Waals surface area contributed by atoms with E-state index in [1.165, 1.54) is 39.2 Å². The third kappa shape index (κ3) is 3.49. The number of esters is 1. The Morgan fingerprint density at radius 1 is 1.37 bits per heavy atom. The molecule has 1 N–H and O–H groups in total. The molecule has 0 radical (unpaired) electrons. The van der Waals surface area contributed by atoms with Gasteiger partial charge in [-0.05, 0) is 37.0 Å². The van der Waals surface area contributed by atoms with Crippen LogP contribution in [0.4, 0.5) is 5.69 Å². The SMILES string of the molecule is CCC1CCCCC1Nc1cccc(C(=O)OC)c1. The lowest BCUT2D eigenvalue weighted by molar-refractivity contribution is 0.0601. The van der Waals surface area contributed by atoms with Crippen LogP contribution in [0.15, 0.2) is 24.3 Å². The molecule has 0 heterocycles. The van der Waals surface area contributed by atoms with Gasteiger partial charge in [-0.1, -0.05) is 32.3 Å². The number of hydrogen-bond acceptors (Lipinski definition) is 3. The fraction of sp³-hybridized carbons (Fsp3) is 0.562. The molecule has 2 rings (SSSR count). The predicted molar refractivity (Wildman–Crippen MR) is 77.4 cm³/mol. The number of benzene rings is 1. The van der Waals surface area contributed by atoms with Gasteiger partial charge in [0, 0.05) is 11.7 Å². The zero-order valence-corrected chi connectivity index (χ0v) is 11.8. The lowest BCUT2D eigenvalue weighted by Crippen LogP contribution is -2.31. The molecule has 19 heavy (non-hydrogen) atoms. The lowest BCUT2D eigenvalue weighted by Gasteiger charge is -2.32. The van der Waals surface area contributed by atoms with E-state index in [2.05, 4.69) is 12.2 Å². The van der Waals surface area contributed by atoms with Gasteiger partial charge in [0.1, 0.15) is 0 Å². The van der Waals surface area contributed by atoms with Gasteiger partial charge in [-0.2, -0.15) is 0 Å². The molecule has 3 nitrogen and oxygen atoms in total. The Labute approximate surface area is 115 Å². The van der Waals surface area contributed by atoms with Gasteiger partial charge in [0.2, 0.25) is 0 Å². The fourth-order valence-corrected chi connectivity index (χ4v) is 2.95. The molecule has 0 amide bonds. The van der Waals surface area contributed by atoms with Gasteiger partial charge >= 0.3 is 5.97 Å². The number of anilines is 1. The Morgan fingerprint density at radius 2 is 2.16 bits per heavy atom. The number of nitrogens with one attached hydrogen (secondary N) is 1. The van der Waals surface area contributed by atoms with Crippen LogP contribution in [0, 0.1) is 5.92 Å². The molecule has 0 saturated heterocycles. The summed E-state index contributed by atoms with van der Waals surface area (Å²) in [5.41, 5.74) is 1.63. The maximum Gasteiger partial charge on any atom is 0.337 e. The van der Waals surface area contributed by atoms with Crippen molar-refractivity contribution < 1.29 is 9.53 Å². The van der Waals surface area contributed by atoms with Crippen molar-refractivity contribution in [1.82, 2.24) is 0 Å². The molecular weight excluding hydrogens is 238 g/mol. The van der Waals surface area contributed by atoms with Crippen LogP contribution in [0.3, 0.4) is 0 Å². The first-order valence-electron chi connectivity index (χ1n) is 7.19. The van der Waals surface area contributed by atoms with Gasteiger partial charge in [-0.15, -0.1) is 0 Å². The topological polar surface area (TPSA) is 38.3 Å². The summed E-state index contributed by atoms with van der Waals surface area (Å²) in [5, 5.41) is 3.59. The number of ether oxygens (including phenoxy) is 1. The average Bonchev–Trinajstić information content (AvgIpc) is 2.47. The van der Waals surface area contributed by atoms with E-state index in [1.807, 2.05) is 18.2 Å². The quantitative estimate of drug-likeness (QED) is 0.836. The first-order chi connectivity index (χ1) is 9.24. The minimum atomic E-state index is -0.278. The van der Waals surface area contributed by atoms with Crippen molar-refractivity contribution in [3.63, 3.8) is 0 Å². The second-order valence-electron chi connectivity index (χ2n) is 5.28. The highest BCUT2D eigenvalue weighted by molar-refractivity contribution is 5.90. The molecule has 0 bridgehead atoms. The normalized spacial score (nSPS) is 22.8. The molecule has 1 aromatic rings. The number of carbonyl (C=O) groups is 1. The standard InChI is InChI=1S/C16H23NO2/c1-3-12-7-4-5-10-15(12)17-14-9-6-8-13(11-14)16(18)19-2/h6,8-9,11-12,15,17H,3-5,7,10H2,1-2H3. The largest absolute Gasteiger partial charge is 0.465 e. The van der Waals surface area contributed by atoms with Gasteiger partial charge in [0.25, 0.3) is 0 Å². The van der Waals surface area contributed by atoms with Crippen molar-refractivity contribution >= 4 is 11.7 Å². The molecular formula is C16H23NO2. The summed E-state index contributed by atoms with van der Waals surface area (Å²) in [4.78, 5) is 11.5. The van der Waals surface area contributed by atoms with Crippen LogP contribution >= 0.6 is 0 Å². The van der Waals surface area contributed by atoms with Gasteiger partial charge < -0.3 is 10.1 Å². The van der Waals surface area contributed by atoms with Crippen LogP contribution < -0.4 is 5.32 Å². The zero-order valence-electron chi connectivity index (χ0n) is 11.8. The molecule has 2 unspecified atom stereocenters. The minimum Gasteiger partial charge on any atom is -0.465 e. The molecule has 3 heteroatoms. The monoisotopic (exact) mass is 261 g/mol. The maximum absolute atomic E-state index is 11.5. The summed E-state index contributed by atoms with van der Waals surface area (Å²) in [6.45, 7) is 2.26. The number of carbonyl (C=O) groups excluding carboxylic acids is 1.